The van der Waals surface area contributed by atoms with Crippen molar-refractivity contribution in [2.75, 3.05) is 37.6 Å². The molecule has 2 aromatic rings. The van der Waals surface area contributed by atoms with Crippen LogP contribution in [0.15, 0.2) is 35.0 Å². The molecule has 7 nitrogen and oxygen atoms in total. The second kappa shape index (κ2) is 7.45. The lowest BCUT2D eigenvalue weighted by Gasteiger charge is -2.35. The Morgan fingerprint density at radius 2 is 2.17 bits per heavy atom. The van der Waals surface area contributed by atoms with Crippen molar-refractivity contribution in [2.45, 2.75) is 13.5 Å². The lowest BCUT2D eigenvalue weighted by atomic mass is 10.2. The Morgan fingerprint density at radius 1 is 1.35 bits per heavy atom. The van der Waals surface area contributed by atoms with Crippen LogP contribution in [0.4, 0.5) is 5.13 Å². The summed E-state index contributed by atoms with van der Waals surface area (Å²) in [6, 6.07) is 1.94. The highest BCUT2D eigenvalue weighted by Gasteiger charge is 2.19. The van der Waals surface area contributed by atoms with Crippen molar-refractivity contribution >= 4 is 22.4 Å². The van der Waals surface area contributed by atoms with E-state index in [-0.39, 0.29) is 0 Å². The third kappa shape index (κ3) is 4.22. The molecule has 1 aliphatic rings. The number of hydrogen-bond donors (Lipinski definition) is 1. The van der Waals surface area contributed by atoms with Crippen molar-refractivity contribution in [1.29, 1.82) is 0 Å². The average Bonchev–Trinajstić information content (AvgIpc) is 3.26. The topological polar surface area (TPSA) is 75.6 Å². The van der Waals surface area contributed by atoms with E-state index in [0.717, 1.165) is 44.4 Å². The SMILES string of the molecule is CC(CN=C(N)N1CCN(c2nccs2)CC1)Cn1cccn1. The first-order chi connectivity index (χ1) is 11.2. The number of thiazole rings is 1. The summed E-state index contributed by atoms with van der Waals surface area (Å²) < 4.78 is 1.93. The Labute approximate surface area is 140 Å². The van der Waals surface area contributed by atoms with Crippen LogP contribution in [0.25, 0.3) is 0 Å². The number of nitrogens with zero attached hydrogens (tertiary/aromatic N) is 6. The molecule has 2 aromatic heterocycles. The van der Waals surface area contributed by atoms with Gasteiger partial charge in [0, 0.05) is 63.2 Å². The van der Waals surface area contributed by atoms with Gasteiger partial charge >= 0.3 is 0 Å². The lowest BCUT2D eigenvalue weighted by Crippen LogP contribution is -2.51. The zero-order valence-electron chi connectivity index (χ0n) is 13.4. The van der Waals surface area contributed by atoms with Gasteiger partial charge in [-0.05, 0) is 12.0 Å². The molecular weight excluding hydrogens is 310 g/mol. The largest absolute Gasteiger partial charge is 0.370 e. The molecule has 1 unspecified atom stereocenters. The van der Waals surface area contributed by atoms with Crippen LogP contribution < -0.4 is 10.6 Å². The van der Waals surface area contributed by atoms with Gasteiger partial charge in [-0.1, -0.05) is 6.92 Å². The molecule has 1 saturated heterocycles. The number of rotatable bonds is 5. The Hall–Kier alpha value is -2.09. The minimum absolute atomic E-state index is 0.407. The first kappa shape index (κ1) is 15.8. The zero-order chi connectivity index (χ0) is 16.1. The van der Waals surface area contributed by atoms with Crippen molar-refractivity contribution in [2.24, 2.45) is 16.6 Å². The fraction of sp³-hybridized carbons (Fsp3) is 0.533. The van der Waals surface area contributed by atoms with Crippen molar-refractivity contribution in [3.8, 4) is 0 Å². The van der Waals surface area contributed by atoms with Crippen LogP contribution in [0.1, 0.15) is 6.92 Å². The zero-order valence-corrected chi connectivity index (χ0v) is 14.2. The minimum Gasteiger partial charge on any atom is -0.370 e. The summed E-state index contributed by atoms with van der Waals surface area (Å²) in [5.74, 6) is 1.06. The van der Waals surface area contributed by atoms with Crippen LogP contribution in [-0.2, 0) is 6.54 Å². The molecule has 2 N–H and O–H groups in total. The molecule has 1 aliphatic heterocycles. The van der Waals surface area contributed by atoms with Crippen molar-refractivity contribution < 1.29 is 0 Å². The first-order valence-corrected chi connectivity index (χ1v) is 8.77. The maximum atomic E-state index is 6.16. The van der Waals surface area contributed by atoms with Gasteiger partial charge in [-0.3, -0.25) is 9.67 Å². The van der Waals surface area contributed by atoms with Gasteiger partial charge in [0.25, 0.3) is 0 Å². The highest BCUT2D eigenvalue weighted by Crippen LogP contribution is 2.18. The molecule has 0 spiro atoms. The lowest BCUT2D eigenvalue weighted by molar-refractivity contribution is 0.377. The molecule has 3 heterocycles. The molecule has 1 fully saturated rings. The molecule has 0 aliphatic carbocycles. The van der Waals surface area contributed by atoms with Crippen LogP contribution in [0.5, 0.6) is 0 Å². The fourth-order valence-corrected chi connectivity index (χ4v) is 3.33. The predicted molar refractivity (Wildman–Crippen MR) is 93.8 cm³/mol. The number of hydrogen-bond acceptors (Lipinski definition) is 5. The van der Waals surface area contributed by atoms with Crippen molar-refractivity contribution in [3.63, 3.8) is 0 Å². The predicted octanol–water partition coefficient (Wildman–Crippen LogP) is 1.11. The first-order valence-electron chi connectivity index (χ1n) is 7.89. The molecular formula is C15H23N7S. The Morgan fingerprint density at radius 3 is 2.83 bits per heavy atom. The normalized spacial score (nSPS) is 17.5. The summed E-state index contributed by atoms with van der Waals surface area (Å²) in [6.45, 7) is 7.41. The van der Waals surface area contributed by atoms with E-state index >= 15 is 0 Å². The highest BCUT2D eigenvalue weighted by atomic mass is 32.1. The quantitative estimate of drug-likeness (QED) is 0.655. The standard InChI is InChI=1S/C15H23N7S/c1-13(12-22-5-2-3-19-22)11-18-14(16)20-6-8-21(9-7-20)15-17-4-10-23-15/h2-5,10,13H,6-9,11-12H2,1H3,(H2,16,18). The van der Waals surface area contributed by atoms with Gasteiger partial charge in [0.2, 0.25) is 0 Å². The van der Waals surface area contributed by atoms with E-state index in [1.807, 2.05) is 28.5 Å². The smallest absolute Gasteiger partial charge is 0.191 e. The number of piperazine rings is 1. The molecule has 8 heteroatoms. The maximum Gasteiger partial charge on any atom is 0.191 e. The van der Waals surface area contributed by atoms with Gasteiger partial charge in [-0.2, -0.15) is 5.10 Å². The fourth-order valence-electron chi connectivity index (χ4n) is 2.63. The highest BCUT2D eigenvalue weighted by molar-refractivity contribution is 7.13. The molecule has 0 aromatic carbocycles. The van der Waals surface area contributed by atoms with Crippen molar-refractivity contribution in [3.05, 3.63) is 30.0 Å². The summed E-state index contributed by atoms with van der Waals surface area (Å²) in [5, 5.41) is 7.33. The molecule has 0 amide bonds. The van der Waals surface area contributed by atoms with Gasteiger partial charge in [-0.15, -0.1) is 11.3 Å². The van der Waals surface area contributed by atoms with E-state index in [4.69, 9.17) is 5.73 Å². The van der Waals surface area contributed by atoms with E-state index in [0.29, 0.717) is 11.9 Å². The summed E-state index contributed by atoms with van der Waals surface area (Å²) in [5.41, 5.74) is 6.16. The number of aromatic nitrogens is 3. The van der Waals surface area contributed by atoms with Crippen LogP contribution >= 0.6 is 11.3 Å². The molecule has 23 heavy (non-hydrogen) atoms. The van der Waals surface area contributed by atoms with Crippen molar-refractivity contribution in [1.82, 2.24) is 19.7 Å². The van der Waals surface area contributed by atoms with Crippen LogP contribution in [0.3, 0.4) is 0 Å². The van der Waals surface area contributed by atoms with E-state index in [9.17, 15) is 0 Å². The summed E-state index contributed by atoms with van der Waals surface area (Å²) in [4.78, 5) is 13.4. The summed E-state index contributed by atoms with van der Waals surface area (Å²) >= 11 is 1.68. The maximum absolute atomic E-state index is 6.16. The number of guanidine groups is 1. The van der Waals surface area contributed by atoms with Gasteiger partial charge in [-0.25, -0.2) is 4.98 Å². The van der Waals surface area contributed by atoms with Crippen LogP contribution in [0, 0.1) is 5.92 Å². The van der Waals surface area contributed by atoms with Crippen LogP contribution in [0.2, 0.25) is 0 Å². The van der Waals surface area contributed by atoms with Gasteiger partial charge < -0.3 is 15.5 Å². The van der Waals surface area contributed by atoms with Gasteiger partial charge in [0.05, 0.1) is 0 Å². The molecule has 3 rings (SSSR count). The Bertz CT molecular complexity index is 600. The summed E-state index contributed by atoms with van der Waals surface area (Å²) in [6.07, 6.45) is 5.62. The third-order valence-corrected chi connectivity index (χ3v) is 4.75. The Kier molecular flexibility index (Phi) is 5.12. The summed E-state index contributed by atoms with van der Waals surface area (Å²) in [7, 11) is 0. The monoisotopic (exact) mass is 333 g/mol. The van der Waals surface area contributed by atoms with E-state index in [1.165, 1.54) is 0 Å². The van der Waals surface area contributed by atoms with E-state index < -0.39 is 0 Å². The average molecular weight is 333 g/mol. The number of anilines is 1. The minimum atomic E-state index is 0.407. The molecule has 124 valence electrons. The molecule has 0 bridgehead atoms. The second-order valence-corrected chi connectivity index (χ2v) is 6.69. The van der Waals surface area contributed by atoms with Crippen LogP contribution in [-0.4, -0.2) is 58.3 Å². The number of nitrogens with two attached hydrogens (primary N) is 1. The van der Waals surface area contributed by atoms with Gasteiger partial charge in [0.1, 0.15) is 0 Å². The molecule has 0 saturated carbocycles. The third-order valence-electron chi connectivity index (χ3n) is 3.92. The number of aliphatic imine (C=N–C) groups is 1. The van der Waals surface area contributed by atoms with Gasteiger partial charge in [0.15, 0.2) is 11.1 Å². The Balaban J connectivity index is 1.46. The van der Waals surface area contributed by atoms with E-state index in [2.05, 4.69) is 31.8 Å². The molecule has 0 radical (unpaired) electrons. The van der Waals surface area contributed by atoms with E-state index in [1.54, 1.807) is 17.5 Å². The second-order valence-electron chi connectivity index (χ2n) is 5.82. The molecule has 1 atom stereocenters.